The van der Waals surface area contributed by atoms with Gasteiger partial charge in [0.1, 0.15) is 0 Å². The van der Waals surface area contributed by atoms with Crippen LogP contribution in [0.2, 0.25) is 0 Å². The molecule has 2 heterocycles. The van der Waals surface area contributed by atoms with Crippen molar-refractivity contribution in [2.75, 3.05) is 57.7 Å². The molecule has 1 aromatic carbocycles. The van der Waals surface area contributed by atoms with Crippen molar-refractivity contribution >= 4 is 11.6 Å². The van der Waals surface area contributed by atoms with E-state index in [2.05, 4.69) is 40.3 Å². The quantitative estimate of drug-likeness (QED) is 0.856. The van der Waals surface area contributed by atoms with E-state index in [4.69, 9.17) is 0 Å². The Labute approximate surface area is 151 Å². The zero-order chi connectivity index (χ0) is 17.6. The molecule has 0 unspecified atom stereocenters. The molecular weight excluding hydrogens is 312 g/mol. The van der Waals surface area contributed by atoms with Gasteiger partial charge in [0.2, 0.25) is 5.91 Å². The Morgan fingerprint density at radius 3 is 2.52 bits per heavy atom. The van der Waals surface area contributed by atoms with E-state index in [-0.39, 0.29) is 5.91 Å². The zero-order valence-electron chi connectivity index (χ0n) is 15.7. The summed E-state index contributed by atoms with van der Waals surface area (Å²) in [6.07, 6.45) is 2.61. The van der Waals surface area contributed by atoms with Crippen LogP contribution in [-0.2, 0) is 4.79 Å². The van der Waals surface area contributed by atoms with Gasteiger partial charge in [-0.25, -0.2) is 0 Å². The minimum atomic E-state index is 0.0977. The average Bonchev–Trinajstić information content (AvgIpc) is 2.62. The average molecular weight is 345 g/mol. The summed E-state index contributed by atoms with van der Waals surface area (Å²) in [5.41, 5.74) is 3.31. The number of carbonyl (C=O) groups is 1. The first kappa shape index (κ1) is 18.4. The summed E-state index contributed by atoms with van der Waals surface area (Å²) in [6.45, 7) is 12.3. The maximum absolute atomic E-state index is 12.4. The third-order valence-corrected chi connectivity index (χ3v) is 5.69. The number of nitrogens with one attached hydrogen (secondary N) is 2. The Hall–Kier alpha value is -1.43. The molecule has 5 heteroatoms. The molecule has 1 amide bonds. The standard InChI is InChI=1S/C20H32N4O/c1-16-4-3-5-19(17(16)2)22-20(25)15-24-12-10-23(11-13-24)14-18-6-8-21-9-7-18/h3-5,18,21H,6-15H2,1-2H3,(H,22,25). The van der Waals surface area contributed by atoms with Crippen LogP contribution < -0.4 is 10.6 Å². The van der Waals surface area contributed by atoms with Crippen molar-refractivity contribution in [3.63, 3.8) is 0 Å². The van der Waals surface area contributed by atoms with E-state index in [1.807, 2.05) is 12.1 Å². The lowest BCUT2D eigenvalue weighted by molar-refractivity contribution is -0.117. The number of amides is 1. The first-order valence-electron chi connectivity index (χ1n) is 9.63. The number of nitrogens with zero attached hydrogens (tertiary/aromatic N) is 2. The molecule has 138 valence electrons. The van der Waals surface area contributed by atoms with E-state index >= 15 is 0 Å². The first-order chi connectivity index (χ1) is 12.1. The maximum atomic E-state index is 12.4. The Bertz CT molecular complexity index is 575. The third-order valence-electron chi connectivity index (χ3n) is 5.69. The van der Waals surface area contributed by atoms with Crippen LogP contribution in [0.1, 0.15) is 24.0 Å². The van der Waals surface area contributed by atoms with Gasteiger partial charge in [-0.1, -0.05) is 12.1 Å². The fourth-order valence-electron chi connectivity index (χ4n) is 3.84. The molecule has 0 saturated carbocycles. The topological polar surface area (TPSA) is 47.6 Å². The maximum Gasteiger partial charge on any atom is 0.238 e. The predicted octanol–water partition coefficient (Wildman–Crippen LogP) is 1.86. The van der Waals surface area contributed by atoms with Gasteiger partial charge in [-0.15, -0.1) is 0 Å². The van der Waals surface area contributed by atoms with Crippen molar-refractivity contribution in [2.45, 2.75) is 26.7 Å². The highest BCUT2D eigenvalue weighted by Gasteiger charge is 2.22. The van der Waals surface area contributed by atoms with Crippen LogP contribution in [0, 0.1) is 19.8 Å². The fraction of sp³-hybridized carbons (Fsp3) is 0.650. The summed E-state index contributed by atoms with van der Waals surface area (Å²) in [6, 6.07) is 6.06. The molecule has 0 spiro atoms. The number of benzene rings is 1. The highest BCUT2D eigenvalue weighted by Crippen LogP contribution is 2.18. The molecule has 2 N–H and O–H groups in total. The van der Waals surface area contributed by atoms with Gasteiger partial charge in [0.05, 0.1) is 6.54 Å². The van der Waals surface area contributed by atoms with Gasteiger partial charge < -0.3 is 15.5 Å². The number of carbonyl (C=O) groups excluding carboxylic acids is 1. The number of piperidine rings is 1. The van der Waals surface area contributed by atoms with Crippen LogP contribution in [0.3, 0.4) is 0 Å². The van der Waals surface area contributed by atoms with Crippen molar-refractivity contribution in [1.82, 2.24) is 15.1 Å². The second-order valence-corrected chi connectivity index (χ2v) is 7.57. The molecule has 2 fully saturated rings. The van der Waals surface area contributed by atoms with Gasteiger partial charge in [-0.2, -0.15) is 0 Å². The van der Waals surface area contributed by atoms with Crippen LogP contribution in [-0.4, -0.2) is 68.1 Å². The van der Waals surface area contributed by atoms with E-state index in [0.29, 0.717) is 6.54 Å². The van der Waals surface area contributed by atoms with Gasteiger partial charge in [0, 0.05) is 38.4 Å². The van der Waals surface area contributed by atoms with Gasteiger partial charge in [-0.05, 0) is 62.9 Å². The molecule has 2 aliphatic heterocycles. The van der Waals surface area contributed by atoms with Crippen LogP contribution in [0.4, 0.5) is 5.69 Å². The van der Waals surface area contributed by atoms with E-state index in [9.17, 15) is 4.79 Å². The molecule has 3 rings (SSSR count). The van der Waals surface area contributed by atoms with Gasteiger partial charge >= 0.3 is 0 Å². The summed E-state index contributed by atoms with van der Waals surface area (Å²) < 4.78 is 0. The minimum absolute atomic E-state index is 0.0977. The number of anilines is 1. The van der Waals surface area contributed by atoms with Crippen LogP contribution >= 0.6 is 0 Å². The smallest absolute Gasteiger partial charge is 0.238 e. The Kier molecular flexibility index (Phi) is 6.45. The zero-order valence-corrected chi connectivity index (χ0v) is 15.7. The lowest BCUT2D eigenvalue weighted by atomic mass is 9.97. The number of rotatable bonds is 5. The molecule has 0 radical (unpaired) electrons. The third kappa shape index (κ3) is 5.27. The monoisotopic (exact) mass is 344 g/mol. The van der Waals surface area contributed by atoms with Gasteiger partial charge in [0.15, 0.2) is 0 Å². The highest BCUT2D eigenvalue weighted by molar-refractivity contribution is 5.93. The van der Waals surface area contributed by atoms with E-state index in [1.54, 1.807) is 0 Å². The summed E-state index contributed by atoms with van der Waals surface area (Å²) in [7, 11) is 0. The van der Waals surface area contributed by atoms with E-state index in [1.165, 1.54) is 38.0 Å². The Morgan fingerprint density at radius 2 is 1.80 bits per heavy atom. The Balaban J connectivity index is 1.41. The lowest BCUT2D eigenvalue weighted by Crippen LogP contribution is -2.50. The summed E-state index contributed by atoms with van der Waals surface area (Å²) in [5.74, 6) is 0.945. The largest absolute Gasteiger partial charge is 0.325 e. The SMILES string of the molecule is Cc1cccc(NC(=O)CN2CCN(CC3CCNCC3)CC2)c1C. The van der Waals surface area contributed by atoms with Gasteiger partial charge in [-0.3, -0.25) is 9.69 Å². The van der Waals surface area contributed by atoms with Crippen molar-refractivity contribution in [3.05, 3.63) is 29.3 Å². The fourth-order valence-corrected chi connectivity index (χ4v) is 3.84. The normalized spacial score (nSPS) is 20.6. The van der Waals surface area contributed by atoms with Crippen LogP contribution in [0.5, 0.6) is 0 Å². The second kappa shape index (κ2) is 8.79. The summed E-state index contributed by atoms with van der Waals surface area (Å²) in [4.78, 5) is 17.2. The number of aryl methyl sites for hydroxylation is 1. The summed E-state index contributed by atoms with van der Waals surface area (Å²) in [5, 5.41) is 6.51. The van der Waals surface area contributed by atoms with E-state index in [0.717, 1.165) is 43.3 Å². The molecule has 0 atom stereocenters. The first-order valence-corrected chi connectivity index (χ1v) is 9.63. The molecule has 0 aliphatic carbocycles. The Morgan fingerprint density at radius 1 is 1.12 bits per heavy atom. The van der Waals surface area contributed by atoms with Crippen LogP contribution in [0.25, 0.3) is 0 Å². The number of piperazine rings is 1. The molecule has 25 heavy (non-hydrogen) atoms. The number of hydrogen-bond acceptors (Lipinski definition) is 4. The second-order valence-electron chi connectivity index (χ2n) is 7.57. The molecule has 5 nitrogen and oxygen atoms in total. The highest BCUT2D eigenvalue weighted by atomic mass is 16.2. The van der Waals surface area contributed by atoms with Crippen molar-refractivity contribution in [3.8, 4) is 0 Å². The number of hydrogen-bond donors (Lipinski definition) is 2. The minimum Gasteiger partial charge on any atom is -0.325 e. The predicted molar refractivity (Wildman–Crippen MR) is 103 cm³/mol. The molecule has 2 aliphatic rings. The molecule has 2 saturated heterocycles. The van der Waals surface area contributed by atoms with Crippen molar-refractivity contribution < 1.29 is 4.79 Å². The molecular formula is C20H32N4O. The van der Waals surface area contributed by atoms with Crippen molar-refractivity contribution in [1.29, 1.82) is 0 Å². The summed E-state index contributed by atoms with van der Waals surface area (Å²) >= 11 is 0. The van der Waals surface area contributed by atoms with Crippen molar-refractivity contribution in [2.24, 2.45) is 5.92 Å². The lowest BCUT2D eigenvalue weighted by Gasteiger charge is -2.37. The van der Waals surface area contributed by atoms with Gasteiger partial charge in [0.25, 0.3) is 0 Å². The van der Waals surface area contributed by atoms with E-state index < -0.39 is 0 Å². The molecule has 0 bridgehead atoms. The molecule has 1 aromatic rings. The van der Waals surface area contributed by atoms with Crippen LogP contribution in [0.15, 0.2) is 18.2 Å². The molecule has 0 aromatic heterocycles.